The standard InChI is InChI=1S/C15H31N3/c1-13(11-16-15(2,3)4)12-18(6)14-7-9-17(5)10-8-14/h14,16H,1,7-12H2,2-6H3. The lowest BCUT2D eigenvalue weighted by Crippen LogP contribution is -2.44. The fourth-order valence-electron chi connectivity index (χ4n) is 2.36. The fourth-order valence-corrected chi connectivity index (χ4v) is 2.36. The summed E-state index contributed by atoms with van der Waals surface area (Å²) < 4.78 is 0. The molecule has 18 heavy (non-hydrogen) atoms. The molecule has 0 saturated carbocycles. The van der Waals surface area contributed by atoms with Gasteiger partial charge < -0.3 is 10.2 Å². The van der Waals surface area contributed by atoms with Gasteiger partial charge in [0.2, 0.25) is 0 Å². The van der Waals surface area contributed by atoms with Crippen LogP contribution in [-0.2, 0) is 0 Å². The minimum absolute atomic E-state index is 0.176. The highest BCUT2D eigenvalue weighted by Crippen LogP contribution is 2.15. The number of likely N-dealkylation sites (N-methyl/N-ethyl adjacent to an activating group) is 1. The number of hydrogen-bond donors (Lipinski definition) is 1. The molecule has 0 spiro atoms. The third-order valence-corrected chi connectivity index (χ3v) is 3.65. The van der Waals surface area contributed by atoms with Gasteiger partial charge in [-0.3, -0.25) is 4.90 Å². The van der Waals surface area contributed by atoms with Crippen molar-refractivity contribution in [1.29, 1.82) is 0 Å². The summed E-state index contributed by atoms with van der Waals surface area (Å²) in [5, 5.41) is 3.50. The summed E-state index contributed by atoms with van der Waals surface area (Å²) in [6.45, 7) is 15.2. The molecule has 0 unspecified atom stereocenters. The average Bonchev–Trinajstić information content (AvgIpc) is 2.26. The van der Waals surface area contributed by atoms with E-state index in [1.807, 2.05) is 0 Å². The Balaban J connectivity index is 2.27. The fraction of sp³-hybridized carbons (Fsp3) is 0.867. The van der Waals surface area contributed by atoms with Gasteiger partial charge in [0.1, 0.15) is 0 Å². The molecule has 0 bridgehead atoms. The molecular weight excluding hydrogens is 222 g/mol. The number of piperidine rings is 1. The first-order valence-corrected chi connectivity index (χ1v) is 7.08. The average molecular weight is 253 g/mol. The molecule has 0 aliphatic carbocycles. The van der Waals surface area contributed by atoms with E-state index in [1.165, 1.54) is 31.5 Å². The van der Waals surface area contributed by atoms with Crippen molar-refractivity contribution in [2.45, 2.75) is 45.2 Å². The molecule has 0 amide bonds. The molecule has 0 radical (unpaired) electrons. The molecule has 1 aliphatic rings. The summed E-state index contributed by atoms with van der Waals surface area (Å²) in [6.07, 6.45) is 2.57. The van der Waals surface area contributed by atoms with Crippen molar-refractivity contribution in [2.24, 2.45) is 0 Å². The maximum absolute atomic E-state index is 4.19. The summed E-state index contributed by atoms with van der Waals surface area (Å²) >= 11 is 0. The van der Waals surface area contributed by atoms with Crippen molar-refractivity contribution < 1.29 is 0 Å². The molecule has 3 heteroatoms. The normalized spacial score (nSPS) is 19.4. The highest BCUT2D eigenvalue weighted by molar-refractivity contribution is 5.01. The predicted molar refractivity (Wildman–Crippen MR) is 80.0 cm³/mol. The maximum atomic E-state index is 4.19. The Labute approximate surface area is 113 Å². The van der Waals surface area contributed by atoms with Gasteiger partial charge in [-0.25, -0.2) is 0 Å². The van der Waals surface area contributed by atoms with E-state index in [4.69, 9.17) is 0 Å². The van der Waals surface area contributed by atoms with Gasteiger partial charge in [-0.05, 0) is 66.4 Å². The number of nitrogens with one attached hydrogen (secondary N) is 1. The van der Waals surface area contributed by atoms with Crippen LogP contribution < -0.4 is 5.32 Å². The second kappa shape index (κ2) is 6.69. The molecular formula is C15H31N3. The lowest BCUT2D eigenvalue weighted by molar-refractivity contribution is 0.152. The molecule has 1 heterocycles. The van der Waals surface area contributed by atoms with Crippen LogP contribution in [0.4, 0.5) is 0 Å². The van der Waals surface area contributed by atoms with E-state index in [0.717, 1.165) is 19.1 Å². The predicted octanol–water partition coefficient (Wildman–Crippen LogP) is 1.96. The van der Waals surface area contributed by atoms with Crippen molar-refractivity contribution in [3.05, 3.63) is 12.2 Å². The number of likely N-dealkylation sites (tertiary alicyclic amines) is 1. The molecule has 0 aromatic carbocycles. The maximum Gasteiger partial charge on any atom is 0.0202 e. The van der Waals surface area contributed by atoms with Crippen LogP contribution in [-0.4, -0.2) is 61.7 Å². The van der Waals surface area contributed by atoms with Crippen LogP contribution in [0.5, 0.6) is 0 Å². The molecule has 3 nitrogen and oxygen atoms in total. The summed E-state index contributed by atoms with van der Waals surface area (Å²) in [5.74, 6) is 0. The summed E-state index contributed by atoms with van der Waals surface area (Å²) in [6, 6.07) is 0.729. The Morgan fingerprint density at radius 2 is 1.89 bits per heavy atom. The van der Waals surface area contributed by atoms with Crippen molar-refractivity contribution >= 4 is 0 Å². The highest BCUT2D eigenvalue weighted by Gasteiger charge is 2.20. The zero-order chi connectivity index (χ0) is 13.8. The second-order valence-corrected chi connectivity index (χ2v) is 6.80. The SMILES string of the molecule is C=C(CNC(C)(C)C)CN(C)C1CCN(C)CC1. The van der Waals surface area contributed by atoms with Gasteiger partial charge in [0.15, 0.2) is 0 Å². The molecule has 106 valence electrons. The number of nitrogens with zero attached hydrogens (tertiary/aromatic N) is 2. The van der Waals surface area contributed by atoms with Crippen LogP contribution in [0.15, 0.2) is 12.2 Å². The van der Waals surface area contributed by atoms with Crippen molar-refractivity contribution in [3.63, 3.8) is 0 Å². The highest BCUT2D eigenvalue weighted by atomic mass is 15.2. The minimum atomic E-state index is 0.176. The van der Waals surface area contributed by atoms with E-state index in [0.29, 0.717) is 0 Å². The van der Waals surface area contributed by atoms with E-state index in [1.54, 1.807) is 0 Å². The topological polar surface area (TPSA) is 18.5 Å². The lowest BCUT2D eigenvalue weighted by Gasteiger charge is -2.35. The van der Waals surface area contributed by atoms with Crippen LogP contribution in [0.25, 0.3) is 0 Å². The Bertz CT molecular complexity index is 259. The van der Waals surface area contributed by atoms with E-state index in [9.17, 15) is 0 Å². The van der Waals surface area contributed by atoms with Crippen LogP contribution >= 0.6 is 0 Å². The Morgan fingerprint density at radius 3 is 2.39 bits per heavy atom. The van der Waals surface area contributed by atoms with Crippen molar-refractivity contribution in [2.75, 3.05) is 40.3 Å². The number of hydrogen-bond acceptors (Lipinski definition) is 3. The molecule has 1 fully saturated rings. The first-order valence-electron chi connectivity index (χ1n) is 7.08. The Kier molecular flexibility index (Phi) is 5.83. The van der Waals surface area contributed by atoms with Gasteiger partial charge >= 0.3 is 0 Å². The van der Waals surface area contributed by atoms with Crippen molar-refractivity contribution in [1.82, 2.24) is 15.1 Å². The molecule has 1 saturated heterocycles. The molecule has 0 aromatic rings. The molecule has 1 aliphatic heterocycles. The molecule has 0 atom stereocenters. The molecule has 0 aromatic heterocycles. The van der Waals surface area contributed by atoms with E-state index in [-0.39, 0.29) is 5.54 Å². The van der Waals surface area contributed by atoms with Crippen LogP contribution in [0.3, 0.4) is 0 Å². The summed E-state index contributed by atoms with van der Waals surface area (Å²) in [4.78, 5) is 4.89. The number of rotatable bonds is 5. The summed E-state index contributed by atoms with van der Waals surface area (Å²) in [5.41, 5.74) is 1.46. The minimum Gasteiger partial charge on any atom is -0.308 e. The third kappa shape index (κ3) is 5.98. The van der Waals surface area contributed by atoms with Crippen molar-refractivity contribution in [3.8, 4) is 0 Å². The quantitative estimate of drug-likeness (QED) is 0.756. The largest absolute Gasteiger partial charge is 0.308 e. The van der Waals surface area contributed by atoms with Gasteiger partial charge in [-0.1, -0.05) is 6.58 Å². The van der Waals surface area contributed by atoms with Gasteiger partial charge in [-0.15, -0.1) is 0 Å². The van der Waals surface area contributed by atoms with Crippen LogP contribution in [0, 0.1) is 0 Å². The Hall–Kier alpha value is -0.380. The van der Waals surface area contributed by atoms with E-state index < -0.39 is 0 Å². The lowest BCUT2D eigenvalue weighted by atomic mass is 10.0. The molecule has 1 N–H and O–H groups in total. The van der Waals surface area contributed by atoms with Gasteiger partial charge in [0.25, 0.3) is 0 Å². The first kappa shape index (κ1) is 15.7. The van der Waals surface area contributed by atoms with Crippen LogP contribution in [0.2, 0.25) is 0 Å². The van der Waals surface area contributed by atoms with Crippen LogP contribution in [0.1, 0.15) is 33.6 Å². The second-order valence-electron chi connectivity index (χ2n) is 6.80. The van der Waals surface area contributed by atoms with E-state index in [2.05, 4.69) is 56.6 Å². The third-order valence-electron chi connectivity index (χ3n) is 3.65. The smallest absolute Gasteiger partial charge is 0.0202 e. The van der Waals surface area contributed by atoms with Gasteiger partial charge in [0, 0.05) is 24.7 Å². The molecule has 1 rings (SSSR count). The first-order chi connectivity index (χ1) is 8.28. The van der Waals surface area contributed by atoms with Gasteiger partial charge in [-0.2, -0.15) is 0 Å². The monoisotopic (exact) mass is 253 g/mol. The zero-order valence-corrected chi connectivity index (χ0v) is 12.9. The van der Waals surface area contributed by atoms with Gasteiger partial charge in [0.05, 0.1) is 0 Å². The zero-order valence-electron chi connectivity index (χ0n) is 12.9. The van der Waals surface area contributed by atoms with E-state index >= 15 is 0 Å². The Morgan fingerprint density at radius 1 is 1.33 bits per heavy atom. The summed E-state index contributed by atoms with van der Waals surface area (Å²) in [7, 11) is 4.45.